The topological polar surface area (TPSA) is 75.5 Å². The number of aromatic nitrogens is 2. The van der Waals surface area contributed by atoms with Gasteiger partial charge in [-0.25, -0.2) is 8.42 Å². The minimum absolute atomic E-state index is 0.0830. The van der Waals surface area contributed by atoms with Crippen LogP contribution in [-0.4, -0.2) is 59.5 Å². The smallest absolute Gasteiger partial charge is 0.257 e. The molecule has 3 heterocycles. The Hall–Kier alpha value is -1.71. The largest absolute Gasteiger partial charge is 0.336 e. The predicted molar refractivity (Wildman–Crippen MR) is 91.6 cm³/mol. The first kappa shape index (κ1) is 17.1. The van der Waals surface area contributed by atoms with E-state index >= 15 is 0 Å². The maximum absolute atomic E-state index is 12.6. The van der Waals surface area contributed by atoms with Crippen LogP contribution >= 0.6 is 11.3 Å². The van der Waals surface area contributed by atoms with Gasteiger partial charge in [-0.1, -0.05) is 6.07 Å². The Bertz CT molecular complexity index is 819. The van der Waals surface area contributed by atoms with Crippen molar-refractivity contribution in [1.82, 2.24) is 19.0 Å². The predicted octanol–water partition coefficient (Wildman–Crippen LogP) is 1.42. The first-order valence-electron chi connectivity index (χ1n) is 7.80. The molecule has 0 spiro atoms. The summed E-state index contributed by atoms with van der Waals surface area (Å²) in [7, 11) is -3.44. The number of piperazine rings is 1. The molecule has 0 aliphatic carbocycles. The molecule has 2 aromatic heterocycles. The first-order chi connectivity index (χ1) is 11.4. The first-order valence-corrected chi connectivity index (χ1v) is 10.1. The molecule has 0 radical (unpaired) electrons. The Labute approximate surface area is 145 Å². The van der Waals surface area contributed by atoms with Crippen molar-refractivity contribution >= 4 is 27.3 Å². The van der Waals surface area contributed by atoms with E-state index in [1.807, 2.05) is 13.8 Å². The van der Waals surface area contributed by atoms with E-state index in [1.165, 1.54) is 15.6 Å². The number of thiophene rings is 1. The van der Waals surface area contributed by atoms with Gasteiger partial charge in [-0.3, -0.25) is 9.48 Å². The third-order valence-corrected chi connectivity index (χ3v) is 7.52. The number of hydrogen-bond donors (Lipinski definition) is 0. The number of hydrogen-bond acceptors (Lipinski definition) is 5. The molecule has 1 saturated heterocycles. The van der Waals surface area contributed by atoms with Crippen LogP contribution in [0.1, 0.15) is 23.0 Å². The molecule has 0 atom stereocenters. The van der Waals surface area contributed by atoms with Crippen LogP contribution in [-0.2, 0) is 16.6 Å². The molecule has 0 aromatic carbocycles. The fourth-order valence-electron chi connectivity index (χ4n) is 2.81. The van der Waals surface area contributed by atoms with Crippen LogP contribution in [0.2, 0.25) is 0 Å². The Morgan fingerprint density at radius 2 is 2.00 bits per heavy atom. The van der Waals surface area contributed by atoms with Crippen LogP contribution in [0, 0.1) is 6.92 Å². The highest BCUT2D eigenvalue weighted by Gasteiger charge is 2.31. The van der Waals surface area contributed by atoms with E-state index < -0.39 is 10.0 Å². The molecular formula is C15H20N4O3S2. The number of carbonyl (C=O) groups is 1. The lowest BCUT2D eigenvalue weighted by Crippen LogP contribution is -2.50. The molecule has 3 rings (SSSR count). The lowest BCUT2D eigenvalue weighted by molar-refractivity contribution is 0.0697. The van der Waals surface area contributed by atoms with Gasteiger partial charge in [0.2, 0.25) is 0 Å². The highest BCUT2D eigenvalue weighted by Crippen LogP contribution is 2.22. The molecule has 1 fully saturated rings. The van der Waals surface area contributed by atoms with Gasteiger partial charge < -0.3 is 4.90 Å². The maximum Gasteiger partial charge on any atom is 0.257 e. The molecule has 1 aliphatic rings. The van der Waals surface area contributed by atoms with E-state index in [2.05, 4.69) is 5.10 Å². The summed E-state index contributed by atoms with van der Waals surface area (Å²) < 4.78 is 28.6. The monoisotopic (exact) mass is 368 g/mol. The van der Waals surface area contributed by atoms with Crippen molar-refractivity contribution in [3.63, 3.8) is 0 Å². The molecule has 7 nitrogen and oxygen atoms in total. The lowest BCUT2D eigenvalue weighted by Gasteiger charge is -2.33. The Kier molecular flexibility index (Phi) is 4.75. The number of aryl methyl sites for hydroxylation is 1. The molecule has 0 N–H and O–H groups in total. The summed E-state index contributed by atoms with van der Waals surface area (Å²) in [5, 5.41) is 5.95. The van der Waals surface area contributed by atoms with Crippen molar-refractivity contribution in [3.05, 3.63) is 35.0 Å². The molecule has 130 valence electrons. The van der Waals surface area contributed by atoms with E-state index in [-0.39, 0.29) is 5.91 Å². The van der Waals surface area contributed by atoms with Crippen LogP contribution in [0.25, 0.3) is 0 Å². The fourth-order valence-corrected chi connectivity index (χ4v) is 5.38. The van der Waals surface area contributed by atoms with Crippen LogP contribution < -0.4 is 0 Å². The van der Waals surface area contributed by atoms with Crippen LogP contribution in [0.3, 0.4) is 0 Å². The molecule has 2 aromatic rings. The van der Waals surface area contributed by atoms with E-state index in [4.69, 9.17) is 0 Å². The van der Waals surface area contributed by atoms with E-state index in [0.717, 1.165) is 5.69 Å². The van der Waals surface area contributed by atoms with Crippen molar-refractivity contribution in [3.8, 4) is 0 Å². The van der Waals surface area contributed by atoms with E-state index in [1.54, 1.807) is 33.3 Å². The van der Waals surface area contributed by atoms with Crippen molar-refractivity contribution in [2.75, 3.05) is 26.2 Å². The van der Waals surface area contributed by atoms with Gasteiger partial charge in [-0.2, -0.15) is 9.40 Å². The summed E-state index contributed by atoms with van der Waals surface area (Å²) in [5.41, 5.74) is 1.43. The number of carbonyl (C=O) groups excluding carboxylic acids is 1. The average molecular weight is 368 g/mol. The lowest BCUT2D eigenvalue weighted by atomic mass is 10.2. The van der Waals surface area contributed by atoms with Crippen molar-refractivity contribution in [2.45, 2.75) is 24.6 Å². The fraction of sp³-hybridized carbons (Fsp3) is 0.467. The number of sulfonamides is 1. The summed E-state index contributed by atoms with van der Waals surface area (Å²) in [6.07, 6.45) is 1.59. The van der Waals surface area contributed by atoms with Crippen molar-refractivity contribution in [2.24, 2.45) is 0 Å². The molecule has 1 aliphatic heterocycles. The molecule has 1 amide bonds. The van der Waals surface area contributed by atoms with E-state index in [9.17, 15) is 13.2 Å². The Morgan fingerprint density at radius 1 is 1.29 bits per heavy atom. The molecular weight excluding hydrogens is 348 g/mol. The van der Waals surface area contributed by atoms with Gasteiger partial charge in [0.25, 0.3) is 15.9 Å². The van der Waals surface area contributed by atoms with Crippen LogP contribution in [0.15, 0.2) is 27.9 Å². The van der Waals surface area contributed by atoms with Crippen LogP contribution in [0.5, 0.6) is 0 Å². The standard InChI is InChI=1S/C15H20N4O3S2/c1-3-19-12(2)13(11-16-19)15(20)17-6-8-18(9-7-17)24(21,22)14-5-4-10-23-14/h4-5,10-11H,3,6-9H2,1-2H3. The Balaban J connectivity index is 1.69. The minimum Gasteiger partial charge on any atom is -0.336 e. The number of amides is 1. The summed E-state index contributed by atoms with van der Waals surface area (Å²) in [6, 6.07) is 3.34. The summed E-state index contributed by atoms with van der Waals surface area (Å²) in [6.45, 7) is 5.97. The number of rotatable bonds is 4. The zero-order valence-corrected chi connectivity index (χ0v) is 15.3. The Morgan fingerprint density at radius 3 is 2.54 bits per heavy atom. The van der Waals surface area contributed by atoms with Gasteiger partial charge >= 0.3 is 0 Å². The molecule has 9 heteroatoms. The third-order valence-electron chi connectivity index (χ3n) is 4.25. The minimum atomic E-state index is -3.44. The van der Waals surface area contributed by atoms with E-state index in [0.29, 0.717) is 42.5 Å². The normalized spacial score (nSPS) is 16.5. The van der Waals surface area contributed by atoms with Gasteiger partial charge in [0.05, 0.1) is 11.8 Å². The molecule has 0 saturated carbocycles. The second-order valence-corrected chi connectivity index (χ2v) is 8.70. The second-order valence-electron chi connectivity index (χ2n) is 5.59. The average Bonchev–Trinajstić information content (AvgIpc) is 3.24. The SMILES string of the molecule is CCn1ncc(C(=O)N2CCN(S(=O)(=O)c3cccs3)CC2)c1C. The van der Waals surface area contributed by atoms with Gasteiger partial charge in [0, 0.05) is 38.4 Å². The highest BCUT2D eigenvalue weighted by atomic mass is 32.2. The maximum atomic E-state index is 12.6. The summed E-state index contributed by atoms with van der Waals surface area (Å²) in [5.74, 6) is -0.0830. The zero-order valence-electron chi connectivity index (χ0n) is 13.7. The zero-order chi connectivity index (χ0) is 17.3. The van der Waals surface area contributed by atoms with Gasteiger partial charge in [-0.05, 0) is 25.3 Å². The van der Waals surface area contributed by atoms with Gasteiger partial charge in [0.15, 0.2) is 0 Å². The number of nitrogens with zero attached hydrogens (tertiary/aromatic N) is 4. The second kappa shape index (κ2) is 6.66. The quantitative estimate of drug-likeness (QED) is 0.818. The summed E-state index contributed by atoms with van der Waals surface area (Å²) >= 11 is 1.21. The van der Waals surface area contributed by atoms with Gasteiger partial charge in [-0.15, -0.1) is 11.3 Å². The van der Waals surface area contributed by atoms with Crippen LogP contribution in [0.4, 0.5) is 0 Å². The summed E-state index contributed by atoms with van der Waals surface area (Å²) in [4.78, 5) is 14.3. The van der Waals surface area contributed by atoms with Gasteiger partial charge in [0.1, 0.15) is 4.21 Å². The van der Waals surface area contributed by atoms with Crippen molar-refractivity contribution < 1.29 is 13.2 Å². The highest BCUT2D eigenvalue weighted by molar-refractivity contribution is 7.91. The van der Waals surface area contributed by atoms with Crippen molar-refractivity contribution in [1.29, 1.82) is 0 Å². The third kappa shape index (κ3) is 2.99. The molecule has 24 heavy (non-hydrogen) atoms. The molecule has 0 bridgehead atoms. The molecule has 0 unspecified atom stereocenters.